The minimum Gasteiger partial charge on any atom is -0.508 e. The number of carbonyl (C=O) groups is 4. The predicted octanol–water partition coefficient (Wildman–Crippen LogP) is 18.1. The van der Waals surface area contributed by atoms with E-state index in [1.54, 1.807) is 48.5 Å². The number of phenols is 1. The Morgan fingerprint density at radius 3 is 1.24 bits per heavy atom. The van der Waals surface area contributed by atoms with E-state index in [2.05, 4.69) is 54.5 Å². The van der Waals surface area contributed by atoms with Crippen LogP contribution < -0.4 is 26.0 Å². The molecule has 0 atom stereocenters. The molecule has 16 nitrogen and oxygen atoms in total. The molecule has 16 heteroatoms. The van der Waals surface area contributed by atoms with Crippen LogP contribution in [0.3, 0.4) is 0 Å². The van der Waals surface area contributed by atoms with Crippen LogP contribution in [-0.4, -0.2) is 59.1 Å². The third-order valence-corrected chi connectivity index (χ3v) is 17.1. The summed E-state index contributed by atoms with van der Waals surface area (Å²) in [5.74, 6) is -0.250. The molecule has 0 unspecified atom stereocenters. The average Bonchev–Trinajstić information content (AvgIpc) is 0.875. The van der Waals surface area contributed by atoms with Crippen LogP contribution in [0.25, 0.3) is 66.8 Å². The minimum absolute atomic E-state index is 0.0856. The third-order valence-electron chi connectivity index (χ3n) is 17.1. The quantitative estimate of drug-likeness (QED) is 0.0405. The first-order chi connectivity index (χ1) is 49.6. The highest BCUT2D eigenvalue weighted by Crippen LogP contribution is 2.36. The number of aromatic amines is 2. The average molecular weight is 1320 g/mol. The second kappa shape index (κ2) is 30.1. The van der Waals surface area contributed by atoms with E-state index in [4.69, 9.17) is 20.0 Å². The van der Waals surface area contributed by atoms with Crippen molar-refractivity contribution in [2.75, 3.05) is 21.3 Å². The van der Waals surface area contributed by atoms with E-state index in [0.717, 1.165) is 66.3 Å². The van der Waals surface area contributed by atoms with Crippen LogP contribution in [0.15, 0.2) is 310 Å². The zero-order valence-electron chi connectivity index (χ0n) is 54.3. The second-order valence-corrected chi connectivity index (χ2v) is 23.9. The molecule has 0 spiro atoms. The Kier molecular flexibility index (Phi) is 19.2. The fourth-order valence-electron chi connectivity index (χ4n) is 12.0. The number of amides is 4. The number of hydrogen-bond donors (Lipinski definition) is 7. The zero-order valence-corrected chi connectivity index (χ0v) is 54.3. The van der Waals surface area contributed by atoms with Crippen molar-refractivity contribution in [3.8, 4) is 56.5 Å². The van der Waals surface area contributed by atoms with Gasteiger partial charge in [-0.3, -0.25) is 19.2 Å². The summed E-state index contributed by atoms with van der Waals surface area (Å²) >= 11 is 0. The summed E-state index contributed by atoms with van der Waals surface area (Å²) in [4.78, 5) is 59.8. The molecule has 0 radical (unpaired) electrons. The van der Waals surface area contributed by atoms with Crippen LogP contribution in [0.5, 0.6) is 11.5 Å². The van der Waals surface area contributed by atoms with Crippen molar-refractivity contribution in [2.45, 2.75) is 19.4 Å². The van der Waals surface area contributed by atoms with Crippen LogP contribution in [0.2, 0.25) is 0 Å². The molecule has 490 valence electrons. The normalized spacial score (nSPS) is 10.9. The van der Waals surface area contributed by atoms with Crippen LogP contribution in [-0.2, 0) is 19.4 Å². The maximum atomic E-state index is 13.5. The van der Waals surface area contributed by atoms with Gasteiger partial charge in [0.1, 0.15) is 18.1 Å². The largest absolute Gasteiger partial charge is 0.508 e. The minimum atomic E-state index is -0.313. The van der Waals surface area contributed by atoms with Gasteiger partial charge in [-0.15, -0.1) is 20.4 Å². The number of H-pyrrole nitrogens is 2. The van der Waals surface area contributed by atoms with E-state index in [1.807, 2.05) is 231 Å². The maximum absolute atomic E-state index is 13.5. The number of rotatable bonds is 19. The van der Waals surface area contributed by atoms with Crippen molar-refractivity contribution in [1.82, 2.24) is 30.4 Å². The molecule has 0 bridgehead atoms. The lowest BCUT2D eigenvalue weighted by molar-refractivity contribution is 0.101. The topological polar surface area (TPSA) is 229 Å². The number of hydrogen-bond acceptors (Lipinski definition) is 10. The molecule has 0 aliphatic rings. The predicted molar refractivity (Wildman–Crippen MR) is 398 cm³/mol. The number of benzene rings is 11. The molecule has 15 rings (SSSR count). The lowest BCUT2D eigenvalue weighted by Gasteiger charge is -2.14. The van der Waals surface area contributed by atoms with Gasteiger partial charge in [-0.25, -0.2) is 0 Å². The second-order valence-electron chi connectivity index (χ2n) is 23.9. The first kappa shape index (κ1) is 64.5. The Balaban J connectivity index is 0.000000173. The van der Waals surface area contributed by atoms with E-state index in [1.165, 1.54) is 12.1 Å². The zero-order chi connectivity index (χ0) is 68.9. The molecule has 0 saturated heterocycles. The van der Waals surface area contributed by atoms with Gasteiger partial charge in [0.05, 0.1) is 34.2 Å². The Morgan fingerprint density at radius 1 is 0.356 bits per heavy atom. The van der Waals surface area contributed by atoms with Gasteiger partial charge in [0.15, 0.2) is 0 Å². The Bertz CT molecular complexity index is 5470. The Hall–Kier alpha value is -13.9. The van der Waals surface area contributed by atoms with Gasteiger partial charge in [-0.2, -0.15) is 0 Å². The molecule has 0 saturated carbocycles. The van der Waals surface area contributed by atoms with Gasteiger partial charge in [0, 0.05) is 103 Å². The van der Waals surface area contributed by atoms with E-state index in [0.29, 0.717) is 98.5 Å². The number of aromatic nitrogens is 6. The third kappa shape index (κ3) is 15.4. The first-order valence-electron chi connectivity index (χ1n) is 32.7. The summed E-state index contributed by atoms with van der Waals surface area (Å²) < 4.78 is 5.91. The van der Waals surface area contributed by atoms with E-state index in [9.17, 15) is 24.3 Å². The first-order valence-corrected chi connectivity index (χ1v) is 32.7. The number of aromatic hydroxyl groups is 1. The van der Waals surface area contributed by atoms with E-state index >= 15 is 0 Å². The van der Waals surface area contributed by atoms with Gasteiger partial charge in [0.2, 0.25) is 0 Å². The van der Waals surface area contributed by atoms with E-state index < -0.39 is 0 Å². The molecular weight excluding hydrogens is 1260 g/mol. The summed E-state index contributed by atoms with van der Waals surface area (Å²) in [5.41, 5.74) is 17.1. The van der Waals surface area contributed by atoms with E-state index in [-0.39, 0.29) is 29.4 Å². The monoisotopic (exact) mass is 1320 g/mol. The van der Waals surface area contributed by atoms with Crippen LogP contribution in [0.1, 0.15) is 69.2 Å². The lowest BCUT2D eigenvalue weighted by Crippen LogP contribution is -2.13. The number of carbonyl (C=O) groups excluding carboxylic acids is 4. The molecule has 4 amide bonds. The number of anilines is 4. The molecule has 4 heterocycles. The van der Waals surface area contributed by atoms with Gasteiger partial charge in [0.25, 0.3) is 23.6 Å². The number of nitrogens with one attached hydrogen (secondary N) is 6. The van der Waals surface area contributed by atoms with Gasteiger partial charge in [-0.05, 0) is 161 Å². The standard InChI is InChI=1S/C46H35N5O3.C39H29N5O3/c52-45(32-22-24-38(25-23-32)54-30-31-12-3-1-4-13-31)49-42-21-10-8-19-40(42)43-28-35(27-36-29-47-41-20-9-7-18-39(36)41)44(51-50-43)33-14-11-15-34(26-33)46(53)48-37-16-5-2-6-17-37;45-31-19-17-25(18-20-31)38(46)42-35-16-7-5-14-33(35)36-23-28(22-29-24-40-34-15-6-4-13-32(29)34)37(44-43-36)26-9-8-10-27(21-26)39(47)41-30-11-2-1-3-12-30/h1-26,28-29,47H,27,30H2,(H,48,53)(H,49,52);1-21,23-24,40,45H,22H2,(H,41,47)(H,42,46). The molecule has 7 N–H and O–H groups in total. The van der Waals surface area contributed by atoms with Crippen molar-refractivity contribution in [3.05, 3.63) is 360 Å². The lowest BCUT2D eigenvalue weighted by atomic mass is 9.96. The van der Waals surface area contributed by atoms with Crippen molar-refractivity contribution < 1.29 is 29.0 Å². The number of ether oxygens (including phenoxy) is 1. The smallest absolute Gasteiger partial charge is 0.255 e. The summed E-state index contributed by atoms with van der Waals surface area (Å²) in [7, 11) is 0. The highest BCUT2D eigenvalue weighted by atomic mass is 16.5. The summed E-state index contributed by atoms with van der Waals surface area (Å²) in [6.45, 7) is 0.441. The number of nitrogens with zero attached hydrogens (tertiary/aromatic N) is 4. The van der Waals surface area contributed by atoms with Gasteiger partial charge >= 0.3 is 0 Å². The summed E-state index contributed by atoms with van der Waals surface area (Å²) in [6.07, 6.45) is 5.12. The van der Waals surface area contributed by atoms with Gasteiger partial charge in [-0.1, -0.05) is 164 Å². The molecule has 0 aliphatic carbocycles. The highest BCUT2D eigenvalue weighted by Gasteiger charge is 2.21. The Labute approximate surface area is 581 Å². The fourth-order valence-corrected chi connectivity index (χ4v) is 12.0. The van der Waals surface area contributed by atoms with Crippen LogP contribution >= 0.6 is 0 Å². The van der Waals surface area contributed by atoms with Gasteiger partial charge < -0.3 is 41.1 Å². The summed E-state index contributed by atoms with van der Waals surface area (Å²) in [5, 5.41) is 42.7. The Morgan fingerprint density at radius 2 is 0.762 bits per heavy atom. The highest BCUT2D eigenvalue weighted by molar-refractivity contribution is 6.08. The summed E-state index contributed by atoms with van der Waals surface area (Å²) in [6, 6.07) is 91.9. The van der Waals surface area contributed by atoms with Crippen molar-refractivity contribution in [2.24, 2.45) is 0 Å². The molecular formula is C85H64N10O6. The molecule has 101 heavy (non-hydrogen) atoms. The number of para-hydroxylation sites is 6. The molecule has 0 fully saturated rings. The SMILES string of the molecule is O=C(Nc1ccccc1)c1cccc(-c2nnc(-c3ccccc3NC(=O)c3ccc(O)cc3)cc2Cc2c[nH]c3ccccc23)c1.O=C(Nc1ccccc1)c1cccc(-c2nnc(-c3ccccc3NC(=O)c3ccc(OCc4ccccc4)cc3)cc2Cc2c[nH]c3ccccc23)c1. The number of fused-ring (bicyclic) bond motifs is 2. The maximum Gasteiger partial charge on any atom is 0.255 e. The molecule has 15 aromatic rings. The van der Waals surface area contributed by atoms with Crippen molar-refractivity contribution >= 4 is 68.2 Å². The molecule has 11 aromatic carbocycles. The molecule has 0 aliphatic heterocycles. The molecule has 4 aromatic heterocycles. The van der Waals surface area contributed by atoms with Crippen molar-refractivity contribution in [3.63, 3.8) is 0 Å². The van der Waals surface area contributed by atoms with Crippen molar-refractivity contribution in [1.29, 1.82) is 0 Å². The van der Waals surface area contributed by atoms with Crippen LogP contribution in [0.4, 0.5) is 22.7 Å². The van der Waals surface area contributed by atoms with Crippen LogP contribution in [0, 0.1) is 0 Å². The number of phenolic OH excluding ortho intramolecular Hbond substituents is 1. The fraction of sp³-hybridized carbons (Fsp3) is 0.0353.